The zero-order valence-corrected chi connectivity index (χ0v) is 15.5. The molecule has 1 aromatic carbocycles. The van der Waals surface area contributed by atoms with Gasteiger partial charge in [-0.15, -0.1) is 0 Å². The fourth-order valence-electron chi connectivity index (χ4n) is 2.59. The van der Waals surface area contributed by atoms with Crippen LogP contribution in [-0.2, 0) is 16.6 Å². The van der Waals surface area contributed by atoms with E-state index in [1.807, 2.05) is 0 Å². The van der Waals surface area contributed by atoms with Crippen molar-refractivity contribution in [2.24, 2.45) is 7.05 Å². The number of carbonyl (C=O) groups excluding carboxylic acids is 3. The monoisotopic (exact) mass is 380 g/mol. The molecule has 0 radical (unpaired) electrons. The summed E-state index contributed by atoms with van der Waals surface area (Å²) in [6, 6.07) is 4.13. The Bertz CT molecular complexity index is 905. The molecule has 0 fully saturated rings. The second-order valence-corrected chi connectivity index (χ2v) is 6.02. The first-order valence-electron chi connectivity index (χ1n) is 7.82. The first-order valence-corrected chi connectivity index (χ1v) is 8.20. The van der Waals surface area contributed by atoms with Crippen molar-refractivity contribution in [3.8, 4) is 0 Å². The van der Waals surface area contributed by atoms with E-state index in [1.54, 1.807) is 13.8 Å². The lowest BCUT2D eigenvalue weighted by Gasteiger charge is -2.07. The molecule has 1 amide bonds. The van der Waals surface area contributed by atoms with Crippen LogP contribution in [0, 0.1) is 19.7 Å². The van der Waals surface area contributed by atoms with E-state index >= 15 is 0 Å². The highest BCUT2D eigenvalue weighted by atomic mass is 35.5. The van der Waals surface area contributed by atoms with Crippen molar-refractivity contribution in [1.29, 1.82) is 0 Å². The van der Waals surface area contributed by atoms with E-state index in [4.69, 9.17) is 16.3 Å². The normalized spacial score (nSPS) is 10.5. The van der Waals surface area contributed by atoms with Gasteiger partial charge in [-0.05, 0) is 50.1 Å². The van der Waals surface area contributed by atoms with Crippen molar-refractivity contribution in [3.63, 3.8) is 0 Å². The first kappa shape index (κ1) is 19.7. The topological polar surface area (TPSA) is 77.4 Å². The minimum absolute atomic E-state index is 0.00600. The van der Waals surface area contributed by atoms with Crippen molar-refractivity contribution in [2.45, 2.75) is 20.8 Å². The number of nitrogens with zero attached hydrogens (tertiary/aromatic N) is 1. The highest BCUT2D eigenvalue weighted by Gasteiger charge is 2.30. The number of nitrogens with one attached hydrogen (secondary N) is 1. The Morgan fingerprint density at radius 2 is 1.92 bits per heavy atom. The smallest absolute Gasteiger partial charge is 0.381 e. The van der Waals surface area contributed by atoms with Crippen LogP contribution >= 0.6 is 11.6 Å². The third kappa shape index (κ3) is 3.62. The van der Waals surface area contributed by atoms with Crippen molar-refractivity contribution in [2.75, 3.05) is 11.9 Å². The maximum atomic E-state index is 13.4. The van der Waals surface area contributed by atoms with E-state index in [0.717, 1.165) is 0 Å². The van der Waals surface area contributed by atoms with Gasteiger partial charge in [0.2, 0.25) is 0 Å². The summed E-state index contributed by atoms with van der Waals surface area (Å²) in [4.78, 5) is 36.6. The third-order valence-electron chi connectivity index (χ3n) is 3.89. The Balaban J connectivity index is 2.39. The summed E-state index contributed by atoms with van der Waals surface area (Å²) in [6.07, 6.45) is 0. The molecule has 0 spiro atoms. The first-order chi connectivity index (χ1) is 12.2. The minimum Gasteiger partial charge on any atom is -0.460 e. The van der Waals surface area contributed by atoms with Gasteiger partial charge in [0.1, 0.15) is 16.7 Å². The Kier molecular flexibility index (Phi) is 5.82. The molecule has 138 valence electrons. The van der Waals surface area contributed by atoms with E-state index in [9.17, 15) is 18.8 Å². The summed E-state index contributed by atoms with van der Waals surface area (Å²) >= 11 is 6.20. The molecule has 0 unspecified atom stereocenters. The van der Waals surface area contributed by atoms with E-state index < -0.39 is 17.7 Å². The second-order valence-electron chi connectivity index (χ2n) is 5.67. The number of halogens is 2. The Hall–Kier alpha value is -2.67. The number of ketones is 1. The summed E-state index contributed by atoms with van der Waals surface area (Å²) in [6.45, 7) is 4.73. The predicted molar refractivity (Wildman–Crippen MR) is 95.2 cm³/mol. The van der Waals surface area contributed by atoms with E-state index in [-0.39, 0.29) is 34.4 Å². The van der Waals surface area contributed by atoms with Gasteiger partial charge in [0, 0.05) is 12.7 Å². The number of rotatable bonds is 5. The largest absolute Gasteiger partial charge is 0.460 e. The summed E-state index contributed by atoms with van der Waals surface area (Å²) in [7, 11) is 1.47. The van der Waals surface area contributed by atoms with Crippen LogP contribution in [0.4, 0.5) is 10.1 Å². The van der Waals surface area contributed by atoms with Crippen LogP contribution in [0.2, 0.25) is 5.15 Å². The number of Topliss-reactive ketones (excluding diaryl/α,β-unsaturated/α-hetero) is 1. The van der Waals surface area contributed by atoms with Crippen LogP contribution < -0.4 is 5.32 Å². The molecule has 0 bridgehead atoms. The number of hydrogen-bond donors (Lipinski definition) is 1. The molecule has 8 heteroatoms. The Morgan fingerprint density at radius 1 is 1.27 bits per heavy atom. The molecule has 1 heterocycles. The number of esters is 1. The fraction of sp³-hybridized carbons (Fsp3) is 0.278. The van der Waals surface area contributed by atoms with E-state index in [2.05, 4.69) is 5.32 Å². The van der Waals surface area contributed by atoms with Crippen LogP contribution in [0.1, 0.15) is 38.9 Å². The van der Waals surface area contributed by atoms with Crippen molar-refractivity contribution < 1.29 is 23.5 Å². The molecule has 0 aliphatic rings. The molecular formula is C18H18ClFN2O4. The summed E-state index contributed by atoms with van der Waals surface area (Å²) in [5.74, 6) is -2.87. The minimum atomic E-state index is -1.02. The number of benzene rings is 1. The van der Waals surface area contributed by atoms with Crippen molar-refractivity contribution in [3.05, 3.63) is 51.6 Å². The molecule has 2 aromatic rings. The van der Waals surface area contributed by atoms with Crippen LogP contribution in [0.15, 0.2) is 18.2 Å². The number of ether oxygens (including phenoxy) is 1. The maximum Gasteiger partial charge on any atom is 0.381 e. The molecule has 2 rings (SSSR count). The second kappa shape index (κ2) is 7.70. The molecule has 6 nitrogen and oxygen atoms in total. The quantitative estimate of drug-likeness (QED) is 0.489. The molecule has 26 heavy (non-hydrogen) atoms. The average molecular weight is 381 g/mol. The highest BCUT2D eigenvalue weighted by Crippen LogP contribution is 2.28. The molecule has 0 aliphatic carbocycles. The predicted octanol–water partition coefficient (Wildman–Crippen LogP) is 3.43. The Labute approximate surface area is 154 Å². The van der Waals surface area contributed by atoms with Gasteiger partial charge in [-0.25, -0.2) is 9.18 Å². The van der Waals surface area contributed by atoms with Crippen LogP contribution in [0.5, 0.6) is 0 Å². The lowest BCUT2D eigenvalue weighted by molar-refractivity contribution is -0.137. The van der Waals surface area contributed by atoms with Crippen LogP contribution in [0.25, 0.3) is 0 Å². The van der Waals surface area contributed by atoms with Gasteiger partial charge in [0.15, 0.2) is 0 Å². The standard InChI is InChI=1S/C18H18ClFN2O4/c1-5-26-18(25)15(23)14-10(3)13(16(19)22(14)4)17(24)21-11-6-7-12(20)9(2)8-11/h6-8H,5H2,1-4H3,(H,21,24). The van der Waals surface area contributed by atoms with Crippen molar-refractivity contribution >= 4 is 34.9 Å². The van der Waals surface area contributed by atoms with Crippen LogP contribution in [-0.4, -0.2) is 28.8 Å². The number of aryl methyl sites for hydroxylation is 1. The molecule has 0 saturated carbocycles. The molecule has 1 N–H and O–H groups in total. The van der Waals surface area contributed by atoms with Crippen LogP contribution in [0.3, 0.4) is 0 Å². The van der Waals surface area contributed by atoms with Gasteiger partial charge in [0.25, 0.3) is 11.7 Å². The number of hydrogen-bond acceptors (Lipinski definition) is 4. The SMILES string of the molecule is CCOC(=O)C(=O)c1c(C)c(C(=O)Nc2ccc(F)c(C)c2)c(Cl)n1C. The number of carbonyl (C=O) groups is 3. The van der Waals surface area contributed by atoms with Gasteiger partial charge in [0.05, 0.1) is 12.2 Å². The fourth-order valence-corrected chi connectivity index (χ4v) is 2.90. The maximum absolute atomic E-state index is 13.4. The lowest BCUT2D eigenvalue weighted by atomic mass is 10.1. The van der Waals surface area contributed by atoms with Gasteiger partial charge in [-0.2, -0.15) is 0 Å². The number of amides is 1. The zero-order valence-electron chi connectivity index (χ0n) is 14.8. The summed E-state index contributed by atoms with van der Waals surface area (Å²) < 4.78 is 19.3. The molecule has 0 atom stereocenters. The van der Waals surface area contributed by atoms with E-state index in [1.165, 1.54) is 36.7 Å². The third-order valence-corrected chi connectivity index (χ3v) is 4.33. The highest BCUT2D eigenvalue weighted by molar-refractivity contribution is 6.42. The average Bonchev–Trinajstić information content (AvgIpc) is 2.80. The summed E-state index contributed by atoms with van der Waals surface area (Å²) in [5.41, 5.74) is 1.05. The van der Waals surface area contributed by atoms with E-state index in [0.29, 0.717) is 11.3 Å². The molecule has 1 aromatic heterocycles. The molecular weight excluding hydrogens is 363 g/mol. The lowest BCUT2D eigenvalue weighted by Crippen LogP contribution is -2.21. The molecule has 0 aliphatic heterocycles. The number of anilines is 1. The van der Waals surface area contributed by atoms with Crippen molar-refractivity contribution in [1.82, 2.24) is 4.57 Å². The van der Waals surface area contributed by atoms with Gasteiger partial charge >= 0.3 is 5.97 Å². The van der Waals surface area contributed by atoms with Gasteiger partial charge < -0.3 is 14.6 Å². The molecule has 0 saturated heterocycles. The van der Waals surface area contributed by atoms with Gasteiger partial charge in [-0.3, -0.25) is 9.59 Å². The number of aromatic nitrogens is 1. The Morgan fingerprint density at radius 3 is 2.50 bits per heavy atom. The summed E-state index contributed by atoms with van der Waals surface area (Å²) in [5, 5.41) is 2.62. The zero-order chi connectivity index (χ0) is 19.6. The van der Waals surface area contributed by atoms with Gasteiger partial charge in [-0.1, -0.05) is 11.6 Å².